The van der Waals surface area contributed by atoms with Crippen molar-refractivity contribution in [3.63, 3.8) is 0 Å². The van der Waals surface area contributed by atoms with E-state index < -0.39 is 0 Å². The van der Waals surface area contributed by atoms with Gasteiger partial charge >= 0.3 is 0 Å². The van der Waals surface area contributed by atoms with Gasteiger partial charge in [0, 0.05) is 25.7 Å². The number of anilines is 1. The summed E-state index contributed by atoms with van der Waals surface area (Å²) in [6, 6.07) is 1.97. The molecule has 0 aromatic carbocycles. The second-order valence-electron chi connectivity index (χ2n) is 4.82. The summed E-state index contributed by atoms with van der Waals surface area (Å²) in [5.74, 6) is 0. The third-order valence-electron chi connectivity index (χ3n) is 3.23. The van der Waals surface area contributed by atoms with Gasteiger partial charge in [0.2, 0.25) is 0 Å². The van der Waals surface area contributed by atoms with Gasteiger partial charge in [0.25, 0.3) is 5.56 Å². The van der Waals surface area contributed by atoms with E-state index in [9.17, 15) is 4.79 Å². The molecular weight excluding hydrogens is 240 g/mol. The van der Waals surface area contributed by atoms with Crippen molar-refractivity contribution in [3.05, 3.63) is 22.6 Å². The molecule has 1 aromatic heterocycles. The SMILES string of the molecule is CCCN(C)c1cnn(CC(CC)NCC)c(=O)c1. The van der Waals surface area contributed by atoms with E-state index in [2.05, 4.69) is 36.1 Å². The number of nitrogens with one attached hydrogen (secondary N) is 1. The van der Waals surface area contributed by atoms with Gasteiger partial charge in [-0.2, -0.15) is 5.10 Å². The molecule has 0 aliphatic carbocycles. The molecule has 19 heavy (non-hydrogen) atoms. The molecule has 5 heteroatoms. The van der Waals surface area contributed by atoms with Crippen molar-refractivity contribution in [1.29, 1.82) is 0 Å². The molecule has 1 rings (SSSR count). The Morgan fingerprint density at radius 1 is 1.42 bits per heavy atom. The highest BCUT2D eigenvalue weighted by atomic mass is 16.1. The number of nitrogens with zero attached hydrogens (tertiary/aromatic N) is 3. The molecule has 1 unspecified atom stereocenters. The Bertz CT molecular complexity index is 430. The van der Waals surface area contributed by atoms with Gasteiger partial charge in [-0.3, -0.25) is 4.79 Å². The molecule has 1 heterocycles. The van der Waals surface area contributed by atoms with Crippen molar-refractivity contribution in [3.8, 4) is 0 Å². The van der Waals surface area contributed by atoms with Crippen LogP contribution in [-0.2, 0) is 6.54 Å². The lowest BCUT2D eigenvalue weighted by molar-refractivity contribution is 0.413. The Labute approximate surface area is 115 Å². The zero-order valence-corrected chi connectivity index (χ0v) is 12.5. The molecule has 0 bridgehead atoms. The van der Waals surface area contributed by atoms with Crippen molar-refractivity contribution in [2.24, 2.45) is 0 Å². The molecule has 0 fully saturated rings. The molecule has 108 valence electrons. The Balaban J connectivity index is 2.79. The molecule has 5 nitrogen and oxygen atoms in total. The zero-order chi connectivity index (χ0) is 14.3. The zero-order valence-electron chi connectivity index (χ0n) is 12.5. The molecular formula is C14H26N4O. The molecule has 0 saturated carbocycles. The number of aromatic nitrogens is 2. The molecule has 1 N–H and O–H groups in total. The predicted molar refractivity (Wildman–Crippen MR) is 79.8 cm³/mol. The van der Waals surface area contributed by atoms with E-state index in [0.29, 0.717) is 12.6 Å². The van der Waals surface area contributed by atoms with Crippen LogP contribution in [0.2, 0.25) is 0 Å². The van der Waals surface area contributed by atoms with Gasteiger partial charge in [0.15, 0.2) is 0 Å². The second kappa shape index (κ2) is 7.94. The van der Waals surface area contributed by atoms with Crippen molar-refractivity contribution < 1.29 is 0 Å². The smallest absolute Gasteiger partial charge is 0.268 e. The van der Waals surface area contributed by atoms with Crippen molar-refractivity contribution >= 4 is 5.69 Å². The van der Waals surface area contributed by atoms with Crippen LogP contribution in [0.5, 0.6) is 0 Å². The highest BCUT2D eigenvalue weighted by Gasteiger charge is 2.09. The molecule has 0 saturated heterocycles. The maximum absolute atomic E-state index is 12.1. The number of likely N-dealkylation sites (N-methyl/N-ethyl adjacent to an activating group) is 1. The fourth-order valence-corrected chi connectivity index (χ4v) is 2.07. The fourth-order valence-electron chi connectivity index (χ4n) is 2.07. The maximum Gasteiger partial charge on any atom is 0.268 e. The summed E-state index contributed by atoms with van der Waals surface area (Å²) >= 11 is 0. The van der Waals surface area contributed by atoms with E-state index in [-0.39, 0.29) is 5.56 Å². The Hall–Kier alpha value is -1.36. The average molecular weight is 266 g/mol. The number of hydrogen-bond donors (Lipinski definition) is 1. The highest BCUT2D eigenvalue weighted by molar-refractivity contribution is 5.41. The minimum absolute atomic E-state index is 0.0307. The average Bonchev–Trinajstić information content (AvgIpc) is 2.40. The van der Waals surface area contributed by atoms with E-state index in [1.807, 2.05) is 7.05 Å². The Morgan fingerprint density at radius 2 is 2.16 bits per heavy atom. The van der Waals surface area contributed by atoms with Gasteiger partial charge in [0.05, 0.1) is 18.4 Å². The lowest BCUT2D eigenvalue weighted by Gasteiger charge is -2.19. The lowest BCUT2D eigenvalue weighted by Crippen LogP contribution is -2.37. The van der Waals surface area contributed by atoms with Gasteiger partial charge < -0.3 is 10.2 Å². The van der Waals surface area contributed by atoms with E-state index >= 15 is 0 Å². The van der Waals surface area contributed by atoms with Gasteiger partial charge in [-0.05, 0) is 19.4 Å². The molecule has 0 amide bonds. The van der Waals surface area contributed by atoms with Crippen molar-refractivity contribution in [2.45, 2.75) is 46.2 Å². The highest BCUT2D eigenvalue weighted by Crippen LogP contribution is 2.07. The van der Waals surface area contributed by atoms with E-state index in [4.69, 9.17) is 0 Å². The largest absolute Gasteiger partial charge is 0.373 e. The van der Waals surface area contributed by atoms with Gasteiger partial charge in [-0.1, -0.05) is 20.8 Å². The minimum atomic E-state index is -0.0307. The summed E-state index contributed by atoms with van der Waals surface area (Å²) < 4.78 is 1.54. The maximum atomic E-state index is 12.1. The lowest BCUT2D eigenvalue weighted by atomic mass is 10.2. The van der Waals surface area contributed by atoms with Gasteiger partial charge in [-0.15, -0.1) is 0 Å². The van der Waals surface area contributed by atoms with E-state index in [1.54, 1.807) is 16.9 Å². The van der Waals surface area contributed by atoms with Crippen molar-refractivity contribution in [1.82, 2.24) is 15.1 Å². The molecule has 0 aliphatic rings. The predicted octanol–water partition coefficient (Wildman–Crippen LogP) is 1.48. The minimum Gasteiger partial charge on any atom is -0.373 e. The van der Waals surface area contributed by atoms with Gasteiger partial charge in [-0.25, -0.2) is 4.68 Å². The summed E-state index contributed by atoms with van der Waals surface area (Å²) in [6.45, 7) is 8.77. The van der Waals surface area contributed by atoms with Crippen molar-refractivity contribution in [2.75, 3.05) is 25.0 Å². The summed E-state index contributed by atoms with van der Waals surface area (Å²) in [5, 5.41) is 7.63. The third-order valence-corrected chi connectivity index (χ3v) is 3.23. The summed E-state index contributed by atoms with van der Waals surface area (Å²) in [6.07, 6.45) is 3.81. The van der Waals surface area contributed by atoms with Crippen LogP contribution in [-0.4, -0.2) is 36.0 Å². The van der Waals surface area contributed by atoms with Crippen LogP contribution in [0.4, 0.5) is 5.69 Å². The van der Waals surface area contributed by atoms with Crippen LogP contribution >= 0.6 is 0 Å². The summed E-state index contributed by atoms with van der Waals surface area (Å²) in [7, 11) is 1.98. The number of hydrogen-bond acceptors (Lipinski definition) is 4. The summed E-state index contributed by atoms with van der Waals surface area (Å²) in [5.41, 5.74) is 0.858. The topological polar surface area (TPSA) is 50.2 Å². The molecule has 0 radical (unpaired) electrons. The number of rotatable bonds is 8. The summed E-state index contributed by atoms with van der Waals surface area (Å²) in [4.78, 5) is 14.1. The Kier molecular flexibility index (Phi) is 6.56. The van der Waals surface area contributed by atoms with E-state index in [1.165, 1.54) is 0 Å². The monoisotopic (exact) mass is 266 g/mol. The Morgan fingerprint density at radius 3 is 2.68 bits per heavy atom. The first-order valence-corrected chi connectivity index (χ1v) is 7.14. The molecule has 0 spiro atoms. The molecule has 0 aliphatic heterocycles. The van der Waals surface area contributed by atoms with Crippen LogP contribution in [0.25, 0.3) is 0 Å². The first-order chi connectivity index (χ1) is 9.12. The van der Waals surface area contributed by atoms with Crippen LogP contribution in [0, 0.1) is 0 Å². The fraction of sp³-hybridized carbons (Fsp3) is 0.714. The van der Waals surface area contributed by atoms with Crippen LogP contribution in [0.15, 0.2) is 17.1 Å². The standard InChI is InChI=1S/C14H26N4O/c1-5-8-17(4)13-9-14(19)18(16-10-13)11-12(6-2)15-7-3/h9-10,12,15H,5-8,11H2,1-4H3. The van der Waals surface area contributed by atoms with Crippen LogP contribution < -0.4 is 15.8 Å². The van der Waals surface area contributed by atoms with Crippen LogP contribution in [0.3, 0.4) is 0 Å². The molecule has 1 atom stereocenters. The third kappa shape index (κ3) is 4.67. The van der Waals surface area contributed by atoms with E-state index in [0.717, 1.165) is 31.6 Å². The first kappa shape index (κ1) is 15.7. The van der Waals surface area contributed by atoms with Gasteiger partial charge in [0.1, 0.15) is 0 Å². The molecule has 1 aromatic rings. The first-order valence-electron chi connectivity index (χ1n) is 7.14. The van der Waals surface area contributed by atoms with Crippen LogP contribution in [0.1, 0.15) is 33.6 Å². The normalized spacial score (nSPS) is 12.4. The second-order valence-corrected chi connectivity index (χ2v) is 4.82. The quantitative estimate of drug-likeness (QED) is 0.774.